The second-order valence-corrected chi connectivity index (χ2v) is 6.32. The molecule has 2 rings (SSSR count). The van der Waals surface area contributed by atoms with E-state index in [-0.39, 0.29) is 5.41 Å². The molecule has 0 saturated carbocycles. The molecule has 1 aromatic carbocycles. The van der Waals surface area contributed by atoms with Crippen molar-refractivity contribution in [3.63, 3.8) is 0 Å². The van der Waals surface area contributed by atoms with Crippen LogP contribution >= 0.6 is 0 Å². The first-order valence-electron chi connectivity index (χ1n) is 7.58. The summed E-state index contributed by atoms with van der Waals surface area (Å²) in [6.07, 6.45) is 2.23. The van der Waals surface area contributed by atoms with Crippen molar-refractivity contribution >= 4 is 0 Å². The van der Waals surface area contributed by atoms with Gasteiger partial charge in [0.1, 0.15) is 5.75 Å². The van der Waals surface area contributed by atoms with Crippen LogP contribution in [0.5, 0.6) is 5.75 Å². The number of rotatable bonds is 4. The summed E-state index contributed by atoms with van der Waals surface area (Å²) in [7, 11) is 3.94. The van der Waals surface area contributed by atoms with Crippen LogP contribution in [0, 0.1) is 5.92 Å². The van der Waals surface area contributed by atoms with Crippen LogP contribution in [0.1, 0.15) is 32.3 Å². The molecule has 1 aromatic rings. The fourth-order valence-corrected chi connectivity index (χ4v) is 3.75. The molecule has 0 aromatic heterocycles. The van der Waals surface area contributed by atoms with Gasteiger partial charge in [0, 0.05) is 18.0 Å². The maximum atomic E-state index is 5.94. The highest BCUT2D eigenvalue weighted by molar-refractivity contribution is 5.34. The summed E-state index contributed by atoms with van der Waals surface area (Å²) in [5.74, 6) is 1.53. The van der Waals surface area contributed by atoms with Gasteiger partial charge in [-0.25, -0.2) is 0 Å². The number of hydrogen-bond donors (Lipinski definition) is 1. The summed E-state index contributed by atoms with van der Waals surface area (Å²) in [4.78, 5) is 2.46. The molecule has 0 amide bonds. The monoisotopic (exact) mass is 276 g/mol. The van der Waals surface area contributed by atoms with E-state index in [2.05, 4.69) is 50.1 Å². The van der Waals surface area contributed by atoms with Gasteiger partial charge in [0.05, 0.1) is 7.11 Å². The van der Waals surface area contributed by atoms with Crippen LogP contribution in [0.4, 0.5) is 0 Å². The topological polar surface area (TPSA) is 38.5 Å². The van der Waals surface area contributed by atoms with E-state index >= 15 is 0 Å². The third kappa shape index (κ3) is 2.70. The van der Waals surface area contributed by atoms with E-state index in [0.717, 1.165) is 25.3 Å². The number of nitrogens with two attached hydrogens (primary N) is 1. The largest absolute Gasteiger partial charge is 0.497 e. The first-order valence-corrected chi connectivity index (χ1v) is 7.58. The lowest BCUT2D eigenvalue weighted by atomic mass is 9.63. The highest BCUT2D eigenvalue weighted by Gasteiger charge is 2.43. The van der Waals surface area contributed by atoms with Crippen LogP contribution in [0.3, 0.4) is 0 Å². The normalized spacial score (nSPS) is 31.2. The Bertz CT molecular complexity index is 431. The number of methoxy groups -OCH3 is 1. The molecule has 3 heteroatoms. The zero-order valence-electron chi connectivity index (χ0n) is 13.2. The van der Waals surface area contributed by atoms with Gasteiger partial charge < -0.3 is 15.4 Å². The molecule has 0 radical (unpaired) electrons. The predicted molar refractivity (Wildman–Crippen MR) is 84.2 cm³/mol. The molecule has 0 bridgehead atoms. The third-order valence-corrected chi connectivity index (χ3v) is 5.17. The molecule has 0 spiro atoms. The van der Waals surface area contributed by atoms with Gasteiger partial charge >= 0.3 is 0 Å². The number of piperidine rings is 1. The van der Waals surface area contributed by atoms with E-state index in [1.807, 2.05) is 0 Å². The number of likely N-dealkylation sites (tertiary alicyclic amines) is 1. The van der Waals surface area contributed by atoms with Gasteiger partial charge in [-0.1, -0.05) is 19.1 Å². The van der Waals surface area contributed by atoms with E-state index in [0.29, 0.717) is 12.0 Å². The Kier molecular flexibility index (Phi) is 4.71. The summed E-state index contributed by atoms with van der Waals surface area (Å²) in [6, 6.07) is 9.19. The van der Waals surface area contributed by atoms with Gasteiger partial charge in [-0.2, -0.15) is 0 Å². The van der Waals surface area contributed by atoms with Crippen LogP contribution in [0.2, 0.25) is 0 Å². The van der Waals surface area contributed by atoms with Crippen LogP contribution in [0.25, 0.3) is 0 Å². The molecule has 0 aliphatic carbocycles. The zero-order valence-corrected chi connectivity index (χ0v) is 13.2. The van der Waals surface area contributed by atoms with E-state index in [1.165, 1.54) is 12.0 Å². The Hall–Kier alpha value is -1.06. The Morgan fingerprint density at radius 1 is 1.30 bits per heavy atom. The fraction of sp³-hybridized carbons (Fsp3) is 0.647. The fourth-order valence-electron chi connectivity index (χ4n) is 3.75. The molecule has 3 atom stereocenters. The highest BCUT2D eigenvalue weighted by Crippen LogP contribution is 2.44. The Balaban J connectivity index is 2.37. The molecular formula is C17H28N2O. The number of ether oxygens (including phenoxy) is 1. The minimum atomic E-state index is 0.201. The quantitative estimate of drug-likeness (QED) is 0.919. The summed E-state index contributed by atoms with van der Waals surface area (Å²) in [5, 5.41) is 0. The molecule has 1 heterocycles. The van der Waals surface area contributed by atoms with Gasteiger partial charge in [0.25, 0.3) is 0 Å². The average Bonchev–Trinajstić information content (AvgIpc) is 2.45. The van der Waals surface area contributed by atoms with E-state index < -0.39 is 0 Å². The molecule has 1 aliphatic heterocycles. The lowest BCUT2D eigenvalue weighted by Gasteiger charge is -2.49. The van der Waals surface area contributed by atoms with Crippen molar-refractivity contribution in [2.45, 2.75) is 38.1 Å². The van der Waals surface area contributed by atoms with Crippen LogP contribution < -0.4 is 10.5 Å². The third-order valence-electron chi connectivity index (χ3n) is 5.17. The summed E-state index contributed by atoms with van der Waals surface area (Å²) in [6.45, 7) is 6.56. The van der Waals surface area contributed by atoms with Crippen molar-refractivity contribution < 1.29 is 4.74 Å². The van der Waals surface area contributed by atoms with Gasteiger partial charge in [0.15, 0.2) is 0 Å². The van der Waals surface area contributed by atoms with Crippen molar-refractivity contribution in [3.05, 3.63) is 29.8 Å². The number of nitrogens with zero attached hydrogens (tertiary/aromatic N) is 1. The second kappa shape index (κ2) is 6.15. The molecule has 1 aliphatic rings. The molecule has 112 valence electrons. The Morgan fingerprint density at radius 2 is 1.95 bits per heavy atom. The van der Waals surface area contributed by atoms with Gasteiger partial charge in [-0.3, -0.25) is 0 Å². The highest BCUT2D eigenvalue weighted by atomic mass is 16.5. The van der Waals surface area contributed by atoms with Crippen molar-refractivity contribution in [2.24, 2.45) is 11.7 Å². The summed E-state index contributed by atoms with van der Waals surface area (Å²) in [5.41, 5.74) is 7.56. The van der Waals surface area contributed by atoms with Gasteiger partial charge in [0.2, 0.25) is 0 Å². The summed E-state index contributed by atoms with van der Waals surface area (Å²) >= 11 is 0. The van der Waals surface area contributed by atoms with E-state index in [9.17, 15) is 0 Å². The predicted octanol–water partition coefficient (Wildman–Crippen LogP) is 2.64. The molecule has 0 unspecified atom stereocenters. The summed E-state index contributed by atoms with van der Waals surface area (Å²) < 4.78 is 5.28. The number of benzene rings is 1. The van der Waals surface area contributed by atoms with E-state index in [4.69, 9.17) is 10.5 Å². The molecule has 20 heavy (non-hydrogen) atoms. The SMILES string of the molecule is COc1ccc([C@]2(CCN)C[C@H](C)N(C)C[C@H]2C)cc1. The maximum Gasteiger partial charge on any atom is 0.118 e. The lowest BCUT2D eigenvalue weighted by Crippen LogP contribution is -2.52. The van der Waals surface area contributed by atoms with Crippen molar-refractivity contribution in [3.8, 4) is 5.75 Å². The smallest absolute Gasteiger partial charge is 0.118 e. The van der Waals surface area contributed by atoms with Gasteiger partial charge in [-0.05, 0) is 57.0 Å². The second-order valence-electron chi connectivity index (χ2n) is 6.32. The molecule has 3 nitrogen and oxygen atoms in total. The zero-order chi connectivity index (χ0) is 14.8. The first-order chi connectivity index (χ1) is 9.53. The lowest BCUT2D eigenvalue weighted by molar-refractivity contribution is 0.0703. The molecule has 2 N–H and O–H groups in total. The minimum absolute atomic E-state index is 0.201. The van der Waals surface area contributed by atoms with Crippen molar-refractivity contribution in [1.29, 1.82) is 0 Å². The molecule has 1 saturated heterocycles. The van der Waals surface area contributed by atoms with E-state index in [1.54, 1.807) is 7.11 Å². The first kappa shape index (κ1) is 15.3. The standard InChI is InChI=1S/C17H28N2O/c1-13-12-19(3)14(2)11-17(13,9-10-18)15-5-7-16(20-4)8-6-15/h5-8,13-14H,9-12,18H2,1-4H3/t13-,14+,17-/m1/s1. The van der Waals surface area contributed by atoms with Crippen molar-refractivity contribution in [1.82, 2.24) is 4.90 Å². The minimum Gasteiger partial charge on any atom is -0.497 e. The van der Waals surface area contributed by atoms with Crippen LogP contribution in [-0.4, -0.2) is 38.2 Å². The maximum absolute atomic E-state index is 5.94. The average molecular weight is 276 g/mol. The molecular weight excluding hydrogens is 248 g/mol. The number of hydrogen-bond acceptors (Lipinski definition) is 3. The Morgan fingerprint density at radius 3 is 2.50 bits per heavy atom. The van der Waals surface area contributed by atoms with Crippen LogP contribution in [-0.2, 0) is 5.41 Å². The molecule has 1 fully saturated rings. The Labute approximate surface area is 123 Å². The van der Waals surface area contributed by atoms with Crippen molar-refractivity contribution in [2.75, 3.05) is 27.2 Å². The van der Waals surface area contributed by atoms with Gasteiger partial charge in [-0.15, -0.1) is 0 Å². The van der Waals surface area contributed by atoms with Crippen LogP contribution in [0.15, 0.2) is 24.3 Å².